The Morgan fingerprint density at radius 3 is 2.85 bits per heavy atom. The van der Waals surface area contributed by atoms with E-state index < -0.39 is 6.04 Å². The number of nitrogens with zero attached hydrogens (tertiary/aromatic N) is 1. The summed E-state index contributed by atoms with van der Waals surface area (Å²) < 4.78 is 0. The lowest BCUT2D eigenvalue weighted by Gasteiger charge is -2.29. The van der Waals surface area contributed by atoms with Crippen molar-refractivity contribution in [3.8, 4) is 0 Å². The third-order valence-corrected chi connectivity index (χ3v) is 5.81. The van der Waals surface area contributed by atoms with Crippen LogP contribution in [0.2, 0.25) is 0 Å². The van der Waals surface area contributed by atoms with Gasteiger partial charge in [-0.25, -0.2) is 0 Å². The van der Waals surface area contributed by atoms with Crippen LogP contribution in [0.3, 0.4) is 0 Å². The van der Waals surface area contributed by atoms with E-state index in [1.54, 1.807) is 4.90 Å². The van der Waals surface area contributed by atoms with Gasteiger partial charge in [0.25, 0.3) is 5.91 Å². The molecule has 2 fully saturated rings. The van der Waals surface area contributed by atoms with Crippen LogP contribution in [0, 0.1) is 5.92 Å². The average molecular weight is 370 g/mol. The van der Waals surface area contributed by atoms with Gasteiger partial charge in [-0.05, 0) is 62.0 Å². The van der Waals surface area contributed by atoms with Crippen LogP contribution < -0.4 is 16.0 Å². The summed E-state index contributed by atoms with van der Waals surface area (Å²) in [5, 5.41) is 9.21. The van der Waals surface area contributed by atoms with Gasteiger partial charge in [-0.3, -0.25) is 19.7 Å². The largest absolute Gasteiger partial charge is 0.322 e. The van der Waals surface area contributed by atoms with Gasteiger partial charge in [0.1, 0.15) is 6.04 Å². The second kappa shape index (κ2) is 7.78. The van der Waals surface area contributed by atoms with Crippen LogP contribution in [0.5, 0.6) is 0 Å². The first kappa shape index (κ1) is 18.1. The predicted molar refractivity (Wildman–Crippen MR) is 99.8 cm³/mol. The number of piperidine rings is 1. The number of benzene rings is 1. The molecule has 2 saturated heterocycles. The molecule has 3 amide bonds. The van der Waals surface area contributed by atoms with Gasteiger partial charge in [0.15, 0.2) is 0 Å². The first-order valence-electron chi connectivity index (χ1n) is 9.79. The molecule has 1 aromatic rings. The van der Waals surface area contributed by atoms with Gasteiger partial charge in [-0.2, -0.15) is 0 Å². The van der Waals surface area contributed by atoms with Crippen LogP contribution in [-0.2, 0) is 22.7 Å². The summed E-state index contributed by atoms with van der Waals surface area (Å²) in [6.45, 7) is 4.46. The van der Waals surface area contributed by atoms with Crippen LogP contribution in [0.25, 0.3) is 0 Å². The number of hydrogen-bond donors (Lipinski definition) is 3. The van der Waals surface area contributed by atoms with Gasteiger partial charge in [-0.1, -0.05) is 12.1 Å². The third-order valence-electron chi connectivity index (χ3n) is 5.81. The van der Waals surface area contributed by atoms with E-state index in [-0.39, 0.29) is 24.1 Å². The van der Waals surface area contributed by atoms with Crippen molar-refractivity contribution in [2.45, 2.75) is 44.8 Å². The molecule has 0 spiro atoms. The van der Waals surface area contributed by atoms with Crippen molar-refractivity contribution >= 4 is 17.7 Å². The normalized spacial score (nSPS) is 25.0. The topological polar surface area (TPSA) is 90.5 Å². The molecular weight excluding hydrogens is 344 g/mol. The monoisotopic (exact) mass is 370 g/mol. The maximum absolute atomic E-state index is 12.7. The molecule has 7 nitrogen and oxygen atoms in total. The molecule has 3 aliphatic heterocycles. The Morgan fingerprint density at radius 1 is 1.19 bits per heavy atom. The summed E-state index contributed by atoms with van der Waals surface area (Å²) in [4.78, 5) is 37.7. The van der Waals surface area contributed by atoms with Crippen LogP contribution in [0.15, 0.2) is 18.2 Å². The molecule has 7 heteroatoms. The van der Waals surface area contributed by atoms with Crippen LogP contribution in [-0.4, -0.2) is 48.3 Å². The first-order chi connectivity index (χ1) is 13.1. The Balaban J connectivity index is 1.34. The fourth-order valence-corrected chi connectivity index (χ4v) is 4.24. The van der Waals surface area contributed by atoms with Crippen LogP contribution >= 0.6 is 0 Å². The lowest BCUT2D eigenvalue weighted by Crippen LogP contribution is -2.52. The lowest BCUT2D eigenvalue weighted by atomic mass is 10.0. The summed E-state index contributed by atoms with van der Waals surface area (Å²) in [5.41, 5.74) is 2.78. The highest BCUT2D eigenvalue weighted by Gasteiger charge is 2.38. The fourth-order valence-electron chi connectivity index (χ4n) is 4.24. The standard InChI is InChI=1S/C20H26N4O3/c25-18-4-3-17(19(26)23-18)24-12-15-9-14(1-2-16(15)20(24)27)11-22-8-6-13-5-7-21-10-13/h1-2,9,13,17,21-22H,3-8,10-12H2,(H,23,25,26). The van der Waals surface area contributed by atoms with Crippen molar-refractivity contribution in [1.82, 2.24) is 20.9 Å². The zero-order valence-corrected chi connectivity index (χ0v) is 15.4. The maximum Gasteiger partial charge on any atom is 0.255 e. The molecule has 144 valence electrons. The van der Waals surface area contributed by atoms with Crippen LogP contribution in [0.1, 0.15) is 47.2 Å². The number of amides is 3. The molecule has 4 rings (SSSR count). The Hall–Kier alpha value is -2.25. The van der Waals surface area contributed by atoms with E-state index in [0.29, 0.717) is 18.5 Å². The van der Waals surface area contributed by atoms with Gasteiger partial charge in [0.2, 0.25) is 11.8 Å². The molecule has 2 atom stereocenters. The van der Waals surface area contributed by atoms with E-state index in [0.717, 1.165) is 43.2 Å². The molecule has 0 bridgehead atoms. The van der Waals surface area contributed by atoms with Crippen molar-refractivity contribution < 1.29 is 14.4 Å². The van der Waals surface area contributed by atoms with Gasteiger partial charge in [-0.15, -0.1) is 0 Å². The predicted octanol–water partition coefficient (Wildman–Crippen LogP) is 0.537. The summed E-state index contributed by atoms with van der Waals surface area (Å²) in [6.07, 6.45) is 3.12. The van der Waals surface area contributed by atoms with E-state index in [4.69, 9.17) is 0 Å². The minimum atomic E-state index is -0.552. The molecule has 0 aromatic heterocycles. The Kier molecular flexibility index (Phi) is 5.22. The van der Waals surface area contributed by atoms with Crippen molar-refractivity contribution in [2.75, 3.05) is 19.6 Å². The number of hydrogen-bond acceptors (Lipinski definition) is 5. The first-order valence-corrected chi connectivity index (χ1v) is 9.79. The second-order valence-corrected chi connectivity index (χ2v) is 7.72. The zero-order chi connectivity index (χ0) is 18.8. The third kappa shape index (κ3) is 3.89. The zero-order valence-electron chi connectivity index (χ0n) is 15.4. The van der Waals surface area contributed by atoms with Crippen LogP contribution in [0.4, 0.5) is 0 Å². The number of fused-ring (bicyclic) bond motifs is 1. The van der Waals surface area contributed by atoms with Crippen molar-refractivity contribution in [1.29, 1.82) is 0 Å². The molecule has 2 unspecified atom stereocenters. The second-order valence-electron chi connectivity index (χ2n) is 7.72. The molecule has 3 aliphatic rings. The number of nitrogens with one attached hydrogen (secondary N) is 3. The molecule has 0 aliphatic carbocycles. The number of rotatable bonds is 6. The number of imide groups is 1. The molecule has 27 heavy (non-hydrogen) atoms. The molecule has 3 heterocycles. The molecule has 1 aromatic carbocycles. The summed E-state index contributed by atoms with van der Waals surface area (Å²) >= 11 is 0. The molecule has 3 N–H and O–H groups in total. The van der Waals surface area contributed by atoms with E-state index in [2.05, 4.69) is 22.0 Å². The Morgan fingerprint density at radius 2 is 2.07 bits per heavy atom. The van der Waals surface area contributed by atoms with Gasteiger partial charge < -0.3 is 15.5 Å². The van der Waals surface area contributed by atoms with E-state index >= 15 is 0 Å². The van der Waals surface area contributed by atoms with Crippen molar-refractivity contribution in [3.63, 3.8) is 0 Å². The van der Waals surface area contributed by atoms with E-state index in [1.807, 2.05) is 12.1 Å². The summed E-state index contributed by atoms with van der Waals surface area (Å²) in [5.74, 6) is 0.0304. The highest BCUT2D eigenvalue weighted by molar-refractivity contribution is 6.05. The minimum Gasteiger partial charge on any atom is -0.322 e. The van der Waals surface area contributed by atoms with E-state index in [9.17, 15) is 14.4 Å². The minimum absolute atomic E-state index is 0.118. The smallest absolute Gasteiger partial charge is 0.255 e. The summed E-state index contributed by atoms with van der Waals surface area (Å²) in [6, 6.07) is 5.35. The van der Waals surface area contributed by atoms with Gasteiger partial charge >= 0.3 is 0 Å². The highest BCUT2D eigenvalue weighted by Crippen LogP contribution is 2.28. The van der Waals surface area contributed by atoms with Gasteiger partial charge in [0.05, 0.1) is 0 Å². The SMILES string of the molecule is O=C1CCC(N2Cc3cc(CNCCC4CCNC4)ccc3C2=O)C(=O)N1. The fraction of sp³-hybridized carbons (Fsp3) is 0.550. The number of carbonyl (C=O) groups is 3. The number of carbonyl (C=O) groups excluding carboxylic acids is 3. The van der Waals surface area contributed by atoms with Crippen molar-refractivity contribution in [3.05, 3.63) is 34.9 Å². The summed E-state index contributed by atoms with van der Waals surface area (Å²) in [7, 11) is 0. The molecule has 0 radical (unpaired) electrons. The Labute approximate surface area is 158 Å². The molecule has 0 saturated carbocycles. The highest BCUT2D eigenvalue weighted by atomic mass is 16.2. The quantitative estimate of drug-likeness (QED) is 0.502. The maximum atomic E-state index is 12.7. The van der Waals surface area contributed by atoms with Crippen molar-refractivity contribution in [2.24, 2.45) is 5.92 Å². The van der Waals surface area contributed by atoms with E-state index in [1.165, 1.54) is 12.8 Å². The molecular formula is C20H26N4O3. The Bertz CT molecular complexity index is 758. The van der Waals surface area contributed by atoms with Gasteiger partial charge in [0, 0.05) is 25.1 Å². The average Bonchev–Trinajstić information content (AvgIpc) is 3.27. The lowest BCUT2D eigenvalue weighted by molar-refractivity contribution is -0.136.